The van der Waals surface area contributed by atoms with Gasteiger partial charge in [-0.3, -0.25) is 4.99 Å². The van der Waals surface area contributed by atoms with E-state index in [4.69, 9.17) is 4.74 Å². The number of halogens is 1. The summed E-state index contributed by atoms with van der Waals surface area (Å²) >= 11 is 0. The summed E-state index contributed by atoms with van der Waals surface area (Å²) in [6.45, 7) is 5.22. The lowest BCUT2D eigenvalue weighted by atomic mass is 10.1. The highest BCUT2D eigenvalue weighted by Gasteiger charge is 2.14. The average Bonchev–Trinajstić information content (AvgIpc) is 3.28. The highest BCUT2D eigenvalue weighted by Crippen LogP contribution is 2.24. The summed E-state index contributed by atoms with van der Waals surface area (Å²) in [5, 5.41) is 6.75. The third kappa shape index (κ3) is 5.70. The molecule has 0 saturated carbocycles. The quantitative estimate of drug-likeness (QED) is 0.547. The molecule has 1 unspecified atom stereocenters. The van der Waals surface area contributed by atoms with E-state index in [1.165, 1.54) is 30.2 Å². The van der Waals surface area contributed by atoms with Crippen molar-refractivity contribution in [2.75, 3.05) is 32.1 Å². The molecule has 0 radical (unpaired) electrons. The van der Waals surface area contributed by atoms with Gasteiger partial charge in [0.1, 0.15) is 5.82 Å². The number of rotatable bonds is 7. The molecular weight excluding hydrogens is 367 g/mol. The minimum absolute atomic E-state index is 0.112. The SMILES string of the molecule is CN=C(NCc1ccc(F)c(COC)c1)NC(C)c1cccc(N2CCCC2)c1. The van der Waals surface area contributed by atoms with Gasteiger partial charge in [0.25, 0.3) is 0 Å². The van der Waals surface area contributed by atoms with Crippen molar-refractivity contribution in [1.82, 2.24) is 10.6 Å². The molecule has 1 saturated heterocycles. The molecule has 2 aromatic carbocycles. The first-order chi connectivity index (χ1) is 14.1. The van der Waals surface area contributed by atoms with Crippen LogP contribution in [0.3, 0.4) is 0 Å². The van der Waals surface area contributed by atoms with Gasteiger partial charge in [0.15, 0.2) is 5.96 Å². The van der Waals surface area contributed by atoms with Crippen LogP contribution in [0.2, 0.25) is 0 Å². The predicted octanol–water partition coefficient (Wildman–Crippen LogP) is 4.00. The van der Waals surface area contributed by atoms with Gasteiger partial charge in [-0.1, -0.05) is 18.2 Å². The minimum Gasteiger partial charge on any atom is -0.380 e. The summed E-state index contributed by atoms with van der Waals surface area (Å²) in [5.41, 5.74) is 4.04. The number of hydrogen-bond donors (Lipinski definition) is 2. The molecule has 1 atom stereocenters. The van der Waals surface area contributed by atoms with Crippen LogP contribution in [0.5, 0.6) is 0 Å². The van der Waals surface area contributed by atoms with Crippen molar-refractivity contribution in [3.8, 4) is 0 Å². The number of nitrogens with one attached hydrogen (secondary N) is 2. The number of ether oxygens (including phenoxy) is 1. The van der Waals surface area contributed by atoms with Crippen LogP contribution in [0.25, 0.3) is 0 Å². The summed E-state index contributed by atoms with van der Waals surface area (Å²) in [5.74, 6) is 0.464. The third-order valence-corrected chi connectivity index (χ3v) is 5.29. The largest absolute Gasteiger partial charge is 0.380 e. The molecule has 1 fully saturated rings. The van der Waals surface area contributed by atoms with E-state index in [2.05, 4.69) is 51.7 Å². The molecule has 5 nitrogen and oxygen atoms in total. The molecule has 156 valence electrons. The van der Waals surface area contributed by atoms with Gasteiger partial charge in [-0.2, -0.15) is 0 Å². The fraction of sp³-hybridized carbons (Fsp3) is 0.435. The van der Waals surface area contributed by atoms with E-state index in [1.807, 2.05) is 6.07 Å². The van der Waals surface area contributed by atoms with Crippen LogP contribution < -0.4 is 15.5 Å². The number of anilines is 1. The Bertz CT molecular complexity index is 833. The Morgan fingerprint density at radius 3 is 2.72 bits per heavy atom. The number of hydrogen-bond acceptors (Lipinski definition) is 3. The van der Waals surface area contributed by atoms with Crippen molar-refractivity contribution < 1.29 is 9.13 Å². The van der Waals surface area contributed by atoms with Gasteiger partial charge in [0.05, 0.1) is 12.6 Å². The Balaban J connectivity index is 1.60. The number of methoxy groups -OCH3 is 1. The van der Waals surface area contributed by atoms with Crippen LogP contribution in [-0.2, 0) is 17.9 Å². The average molecular weight is 399 g/mol. The maximum absolute atomic E-state index is 13.8. The number of nitrogens with zero attached hydrogens (tertiary/aromatic N) is 2. The molecule has 0 aromatic heterocycles. The number of benzene rings is 2. The second-order valence-corrected chi connectivity index (χ2v) is 7.44. The van der Waals surface area contributed by atoms with Gasteiger partial charge in [-0.05, 0) is 55.2 Å². The monoisotopic (exact) mass is 398 g/mol. The molecule has 1 aliphatic rings. The normalized spacial score (nSPS) is 15.4. The maximum Gasteiger partial charge on any atom is 0.191 e. The van der Waals surface area contributed by atoms with Crippen molar-refractivity contribution >= 4 is 11.6 Å². The summed E-state index contributed by atoms with van der Waals surface area (Å²) < 4.78 is 18.8. The zero-order valence-electron chi connectivity index (χ0n) is 17.5. The smallest absolute Gasteiger partial charge is 0.191 e. The Morgan fingerprint density at radius 2 is 2.00 bits per heavy atom. The van der Waals surface area contributed by atoms with Gasteiger partial charge in [0.2, 0.25) is 0 Å². The van der Waals surface area contributed by atoms with E-state index < -0.39 is 0 Å². The lowest BCUT2D eigenvalue weighted by molar-refractivity contribution is 0.181. The Kier molecular flexibility index (Phi) is 7.47. The van der Waals surface area contributed by atoms with E-state index in [-0.39, 0.29) is 18.5 Å². The van der Waals surface area contributed by atoms with E-state index in [9.17, 15) is 4.39 Å². The molecule has 0 aliphatic carbocycles. The van der Waals surface area contributed by atoms with Gasteiger partial charge >= 0.3 is 0 Å². The van der Waals surface area contributed by atoms with Gasteiger partial charge < -0.3 is 20.3 Å². The van der Waals surface area contributed by atoms with Gasteiger partial charge in [0, 0.05) is 45.0 Å². The first-order valence-electron chi connectivity index (χ1n) is 10.2. The minimum atomic E-state index is -0.246. The third-order valence-electron chi connectivity index (χ3n) is 5.29. The van der Waals surface area contributed by atoms with Crippen LogP contribution >= 0.6 is 0 Å². The molecule has 0 bridgehead atoms. The van der Waals surface area contributed by atoms with E-state index in [1.54, 1.807) is 20.2 Å². The molecule has 0 amide bonds. The molecule has 29 heavy (non-hydrogen) atoms. The summed E-state index contributed by atoms with van der Waals surface area (Å²) in [4.78, 5) is 6.77. The maximum atomic E-state index is 13.8. The van der Waals surface area contributed by atoms with Crippen molar-refractivity contribution in [3.63, 3.8) is 0 Å². The first-order valence-corrected chi connectivity index (χ1v) is 10.2. The fourth-order valence-electron chi connectivity index (χ4n) is 3.64. The second-order valence-electron chi connectivity index (χ2n) is 7.44. The van der Waals surface area contributed by atoms with Gasteiger partial charge in [-0.15, -0.1) is 0 Å². The lowest BCUT2D eigenvalue weighted by Crippen LogP contribution is -2.38. The number of guanidine groups is 1. The zero-order valence-corrected chi connectivity index (χ0v) is 17.5. The summed E-state index contributed by atoms with van der Waals surface area (Å²) in [6, 6.07) is 13.9. The van der Waals surface area contributed by atoms with Crippen molar-refractivity contribution in [1.29, 1.82) is 0 Å². The highest BCUT2D eigenvalue weighted by molar-refractivity contribution is 5.80. The molecule has 0 spiro atoms. The Labute approximate surface area is 173 Å². The molecule has 1 heterocycles. The highest BCUT2D eigenvalue weighted by atomic mass is 19.1. The van der Waals surface area contributed by atoms with Crippen LogP contribution in [0.15, 0.2) is 47.5 Å². The van der Waals surface area contributed by atoms with Crippen molar-refractivity contribution in [2.24, 2.45) is 4.99 Å². The van der Waals surface area contributed by atoms with E-state index in [0.29, 0.717) is 18.1 Å². The molecule has 1 aliphatic heterocycles. The van der Waals surface area contributed by atoms with Crippen LogP contribution in [0, 0.1) is 5.82 Å². The number of aliphatic imine (C=N–C) groups is 1. The van der Waals surface area contributed by atoms with E-state index in [0.717, 1.165) is 18.7 Å². The summed E-state index contributed by atoms with van der Waals surface area (Å²) in [7, 11) is 3.32. The first kappa shape index (κ1) is 21.1. The zero-order chi connectivity index (χ0) is 20.6. The van der Waals surface area contributed by atoms with Crippen molar-refractivity contribution in [3.05, 3.63) is 65.0 Å². The molecule has 2 N–H and O–H groups in total. The second kappa shape index (κ2) is 10.3. The topological polar surface area (TPSA) is 48.9 Å². The van der Waals surface area contributed by atoms with E-state index >= 15 is 0 Å². The molecule has 3 rings (SSSR count). The lowest BCUT2D eigenvalue weighted by Gasteiger charge is -2.22. The van der Waals surface area contributed by atoms with Crippen LogP contribution in [0.4, 0.5) is 10.1 Å². The van der Waals surface area contributed by atoms with Crippen LogP contribution in [0.1, 0.15) is 42.5 Å². The van der Waals surface area contributed by atoms with Crippen molar-refractivity contribution in [2.45, 2.75) is 39.0 Å². The Hall–Kier alpha value is -2.60. The molecular formula is C23H31FN4O. The van der Waals surface area contributed by atoms with Gasteiger partial charge in [-0.25, -0.2) is 4.39 Å². The summed E-state index contributed by atoms with van der Waals surface area (Å²) in [6.07, 6.45) is 2.54. The fourth-order valence-corrected chi connectivity index (χ4v) is 3.64. The Morgan fingerprint density at radius 1 is 1.21 bits per heavy atom. The standard InChI is InChI=1S/C23H31FN4O/c1-17(19-7-6-8-21(14-19)28-11-4-5-12-28)27-23(25-2)26-15-18-9-10-22(24)20(13-18)16-29-3/h6-10,13-14,17H,4-5,11-12,15-16H2,1-3H3,(H2,25,26,27). The molecule has 2 aromatic rings. The molecule has 6 heteroatoms. The van der Waals surface area contributed by atoms with Crippen LogP contribution in [-0.4, -0.2) is 33.2 Å². The predicted molar refractivity (Wildman–Crippen MR) is 117 cm³/mol.